The Labute approximate surface area is 135 Å². The SMILES string of the molecule is C=CCNC(=O)c1ccc(N[C@@H]2c3ccccc3C[C@@H]2O)nc1. The molecule has 3 rings (SSSR count). The van der Waals surface area contributed by atoms with E-state index in [2.05, 4.69) is 22.2 Å². The molecule has 2 atom stereocenters. The van der Waals surface area contributed by atoms with Crippen LogP contribution in [0.1, 0.15) is 27.5 Å². The summed E-state index contributed by atoms with van der Waals surface area (Å²) in [7, 11) is 0. The maximum Gasteiger partial charge on any atom is 0.253 e. The van der Waals surface area contributed by atoms with Gasteiger partial charge in [-0.3, -0.25) is 4.79 Å². The summed E-state index contributed by atoms with van der Waals surface area (Å²) in [5, 5.41) is 16.2. The van der Waals surface area contributed by atoms with E-state index in [1.807, 2.05) is 24.3 Å². The zero-order chi connectivity index (χ0) is 16.2. The van der Waals surface area contributed by atoms with Gasteiger partial charge in [-0.05, 0) is 23.3 Å². The van der Waals surface area contributed by atoms with Crippen LogP contribution >= 0.6 is 0 Å². The number of aliphatic hydroxyl groups excluding tert-OH is 1. The van der Waals surface area contributed by atoms with Crippen LogP contribution in [0.2, 0.25) is 0 Å². The van der Waals surface area contributed by atoms with E-state index >= 15 is 0 Å². The largest absolute Gasteiger partial charge is 0.390 e. The van der Waals surface area contributed by atoms with Gasteiger partial charge in [0.15, 0.2) is 0 Å². The first-order valence-electron chi connectivity index (χ1n) is 7.56. The second-order valence-corrected chi connectivity index (χ2v) is 5.52. The van der Waals surface area contributed by atoms with E-state index in [1.165, 1.54) is 6.20 Å². The van der Waals surface area contributed by atoms with Crippen molar-refractivity contribution in [2.75, 3.05) is 11.9 Å². The van der Waals surface area contributed by atoms with E-state index < -0.39 is 6.10 Å². The van der Waals surface area contributed by atoms with Crippen LogP contribution in [0.3, 0.4) is 0 Å². The summed E-state index contributed by atoms with van der Waals surface area (Å²) in [6, 6.07) is 11.3. The maximum absolute atomic E-state index is 11.8. The van der Waals surface area contributed by atoms with Gasteiger partial charge in [0.1, 0.15) is 5.82 Å². The maximum atomic E-state index is 11.8. The average Bonchev–Trinajstić information content (AvgIpc) is 2.89. The Bertz CT molecular complexity index is 712. The molecule has 1 heterocycles. The number of carbonyl (C=O) groups excluding carboxylic acids is 1. The van der Waals surface area contributed by atoms with Crippen LogP contribution in [0.5, 0.6) is 0 Å². The summed E-state index contributed by atoms with van der Waals surface area (Å²) < 4.78 is 0. The molecular formula is C18H19N3O2. The van der Waals surface area contributed by atoms with Crippen molar-refractivity contribution in [2.24, 2.45) is 0 Å². The number of carbonyl (C=O) groups is 1. The number of pyridine rings is 1. The highest BCUT2D eigenvalue weighted by Crippen LogP contribution is 2.33. The molecule has 0 unspecified atom stereocenters. The smallest absolute Gasteiger partial charge is 0.253 e. The van der Waals surface area contributed by atoms with Gasteiger partial charge in [-0.2, -0.15) is 0 Å². The third-order valence-electron chi connectivity index (χ3n) is 3.94. The van der Waals surface area contributed by atoms with Crippen molar-refractivity contribution < 1.29 is 9.90 Å². The van der Waals surface area contributed by atoms with Crippen molar-refractivity contribution >= 4 is 11.7 Å². The Balaban J connectivity index is 1.71. The molecule has 1 aromatic heterocycles. The number of benzene rings is 1. The van der Waals surface area contributed by atoms with Crippen molar-refractivity contribution in [2.45, 2.75) is 18.6 Å². The molecule has 2 aromatic rings. The van der Waals surface area contributed by atoms with Gasteiger partial charge in [0.05, 0.1) is 17.7 Å². The van der Waals surface area contributed by atoms with E-state index in [0.717, 1.165) is 11.1 Å². The number of hydrogen-bond donors (Lipinski definition) is 3. The highest BCUT2D eigenvalue weighted by atomic mass is 16.3. The highest BCUT2D eigenvalue weighted by molar-refractivity contribution is 5.94. The normalized spacial score (nSPS) is 19.0. The van der Waals surface area contributed by atoms with Crippen molar-refractivity contribution in [1.29, 1.82) is 0 Å². The predicted molar refractivity (Wildman–Crippen MR) is 89.3 cm³/mol. The number of anilines is 1. The summed E-state index contributed by atoms with van der Waals surface area (Å²) in [6.45, 7) is 3.98. The van der Waals surface area contributed by atoms with E-state index in [-0.39, 0.29) is 11.9 Å². The van der Waals surface area contributed by atoms with Crippen molar-refractivity contribution in [1.82, 2.24) is 10.3 Å². The lowest BCUT2D eigenvalue weighted by molar-refractivity contribution is 0.0957. The number of fused-ring (bicyclic) bond motifs is 1. The quantitative estimate of drug-likeness (QED) is 0.739. The molecule has 5 nitrogen and oxygen atoms in total. The Hall–Kier alpha value is -2.66. The van der Waals surface area contributed by atoms with Crippen LogP contribution in [0.15, 0.2) is 55.3 Å². The number of nitrogens with one attached hydrogen (secondary N) is 2. The molecule has 5 heteroatoms. The first-order chi connectivity index (χ1) is 11.2. The third-order valence-corrected chi connectivity index (χ3v) is 3.94. The minimum Gasteiger partial charge on any atom is -0.390 e. The van der Waals surface area contributed by atoms with E-state index in [0.29, 0.717) is 24.3 Å². The lowest BCUT2D eigenvalue weighted by Crippen LogP contribution is -2.24. The van der Waals surface area contributed by atoms with Crippen molar-refractivity contribution in [3.05, 3.63) is 71.9 Å². The van der Waals surface area contributed by atoms with Crippen LogP contribution in [-0.2, 0) is 6.42 Å². The zero-order valence-corrected chi connectivity index (χ0v) is 12.7. The summed E-state index contributed by atoms with van der Waals surface area (Å²) >= 11 is 0. The molecule has 0 aliphatic heterocycles. The Kier molecular flexibility index (Phi) is 4.39. The fraction of sp³-hybridized carbons (Fsp3) is 0.222. The van der Waals surface area contributed by atoms with Crippen LogP contribution in [-0.4, -0.2) is 28.6 Å². The van der Waals surface area contributed by atoms with Gasteiger partial charge >= 0.3 is 0 Å². The summed E-state index contributed by atoms with van der Waals surface area (Å²) in [5.41, 5.74) is 2.73. The third kappa shape index (κ3) is 3.24. The number of aromatic nitrogens is 1. The molecule has 1 amide bonds. The number of rotatable bonds is 5. The molecule has 0 saturated carbocycles. The predicted octanol–water partition coefficient (Wildman–Crippen LogP) is 2.07. The van der Waals surface area contributed by atoms with Gasteiger partial charge < -0.3 is 15.7 Å². The van der Waals surface area contributed by atoms with Gasteiger partial charge in [-0.1, -0.05) is 30.3 Å². The lowest BCUT2D eigenvalue weighted by atomic mass is 10.1. The fourth-order valence-corrected chi connectivity index (χ4v) is 2.79. The summed E-state index contributed by atoms with van der Waals surface area (Å²) in [6.07, 6.45) is 3.30. The Morgan fingerprint density at radius 3 is 2.91 bits per heavy atom. The van der Waals surface area contributed by atoms with Gasteiger partial charge in [0.2, 0.25) is 0 Å². The molecule has 1 aromatic carbocycles. The Morgan fingerprint density at radius 1 is 1.35 bits per heavy atom. The van der Waals surface area contributed by atoms with Gasteiger partial charge in [0, 0.05) is 19.2 Å². The van der Waals surface area contributed by atoms with Crippen molar-refractivity contribution in [3.63, 3.8) is 0 Å². The average molecular weight is 309 g/mol. The van der Waals surface area contributed by atoms with Crippen LogP contribution in [0, 0.1) is 0 Å². The molecule has 0 radical (unpaired) electrons. The molecule has 0 saturated heterocycles. The first-order valence-corrected chi connectivity index (χ1v) is 7.56. The molecule has 0 bridgehead atoms. The minimum atomic E-state index is -0.482. The van der Waals surface area contributed by atoms with E-state index in [1.54, 1.807) is 18.2 Å². The monoisotopic (exact) mass is 309 g/mol. The molecular weight excluding hydrogens is 290 g/mol. The number of hydrogen-bond acceptors (Lipinski definition) is 4. The number of nitrogens with zero attached hydrogens (tertiary/aromatic N) is 1. The van der Waals surface area contributed by atoms with Gasteiger partial charge in [-0.25, -0.2) is 4.98 Å². The summed E-state index contributed by atoms with van der Waals surface area (Å²) in [5.74, 6) is 0.446. The standard InChI is InChI=1S/C18H19N3O2/c1-2-9-19-18(23)13-7-8-16(20-11-13)21-17-14-6-4-3-5-12(14)10-15(17)22/h2-8,11,15,17,22H,1,9-10H2,(H,19,23)(H,20,21)/t15-,17+/m0/s1. The highest BCUT2D eigenvalue weighted by Gasteiger charge is 2.30. The molecule has 0 spiro atoms. The topological polar surface area (TPSA) is 74.2 Å². The van der Waals surface area contributed by atoms with Crippen molar-refractivity contribution in [3.8, 4) is 0 Å². The minimum absolute atomic E-state index is 0.181. The number of amides is 1. The lowest BCUT2D eigenvalue weighted by Gasteiger charge is -2.18. The molecule has 1 aliphatic carbocycles. The van der Waals surface area contributed by atoms with E-state index in [4.69, 9.17) is 0 Å². The van der Waals surface area contributed by atoms with Gasteiger partial charge in [0.25, 0.3) is 5.91 Å². The fourth-order valence-electron chi connectivity index (χ4n) is 2.79. The molecule has 3 N–H and O–H groups in total. The molecule has 118 valence electrons. The van der Waals surface area contributed by atoms with Crippen LogP contribution < -0.4 is 10.6 Å². The summed E-state index contributed by atoms with van der Waals surface area (Å²) in [4.78, 5) is 16.1. The second kappa shape index (κ2) is 6.62. The van der Waals surface area contributed by atoms with Crippen LogP contribution in [0.25, 0.3) is 0 Å². The molecule has 1 aliphatic rings. The van der Waals surface area contributed by atoms with E-state index in [9.17, 15) is 9.90 Å². The second-order valence-electron chi connectivity index (χ2n) is 5.52. The Morgan fingerprint density at radius 2 is 2.17 bits per heavy atom. The van der Waals surface area contributed by atoms with Crippen LogP contribution in [0.4, 0.5) is 5.82 Å². The molecule has 0 fully saturated rings. The van der Waals surface area contributed by atoms with Gasteiger partial charge in [-0.15, -0.1) is 6.58 Å². The molecule has 23 heavy (non-hydrogen) atoms. The first kappa shape index (κ1) is 15.2. The number of aliphatic hydroxyl groups is 1. The zero-order valence-electron chi connectivity index (χ0n) is 12.7.